The molecule has 0 fully saturated rings. The minimum Gasteiger partial charge on any atom is -0.448 e. The second-order valence-electron chi connectivity index (χ2n) is 4.62. The van der Waals surface area contributed by atoms with Crippen LogP contribution in [0, 0.1) is 23.3 Å². The van der Waals surface area contributed by atoms with Crippen LogP contribution in [0.15, 0.2) is 30.3 Å². The van der Waals surface area contributed by atoms with Crippen molar-refractivity contribution >= 4 is 15.9 Å². The first-order valence-electron chi connectivity index (χ1n) is 6.21. The fourth-order valence-electron chi connectivity index (χ4n) is 1.69. The van der Waals surface area contributed by atoms with Gasteiger partial charge in [-0.15, -0.1) is 0 Å². The monoisotopic (exact) mass is 363 g/mol. The summed E-state index contributed by atoms with van der Waals surface area (Å²) in [5, 5.41) is 0. The zero-order valence-electron chi connectivity index (χ0n) is 11.9. The Morgan fingerprint density at radius 2 is 1.58 bits per heavy atom. The van der Waals surface area contributed by atoms with Gasteiger partial charge in [-0.1, -0.05) is 6.07 Å². The minimum atomic E-state index is -3.99. The lowest BCUT2D eigenvalue weighted by atomic mass is 10.2. The van der Waals surface area contributed by atoms with Crippen LogP contribution in [0.4, 0.5) is 17.6 Å². The molecule has 1 amide bonds. The number of carbonyl (C=O) groups excluding carboxylic acids is 1. The van der Waals surface area contributed by atoms with Gasteiger partial charge in [0, 0.05) is 6.07 Å². The molecule has 0 unspecified atom stereocenters. The summed E-state index contributed by atoms with van der Waals surface area (Å²) in [4.78, 5) is 11.6. The molecular weight excluding hydrogens is 354 g/mol. The van der Waals surface area contributed by atoms with Crippen LogP contribution in [0.2, 0.25) is 0 Å². The van der Waals surface area contributed by atoms with Crippen molar-refractivity contribution in [2.24, 2.45) is 0 Å². The number of benzene rings is 2. The molecule has 0 spiro atoms. The maximum absolute atomic E-state index is 13.9. The summed E-state index contributed by atoms with van der Waals surface area (Å²) in [6.45, 7) is 0. The Kier molecular flexibility index (Phi) is 4.78. The molecular formula is C14H9F4NO4S. The molecule has 0 saturated heterocycles. The van der Waals surface area contributed by atoms with Crippen molar-refractivity contribution in [1.82, 2.24) is 4.72 Å². The summed E-state index contributed by atoms with van der Waals surface area (Å²) in [6.07, 6.45) is 0.650. The Labute approximate surface area is 133 Å². The summed E-state index contributed by atoms with van der Waals surface area (Å²) in [7, 11) is -3.99. The highest BCUT2D eigenvalue weighted by Gasteiger charge is 2.21. The van der Waals surface area contributed by atoms with Crippen molar-refractivity contribution in [1.29, 1.82) is 0 Å². The third-order valence-corrected chi connectivity index (χ3v) is 3.23. The van der Waals surface area contributed by atoms with E-state index in [1.54, 1.807) is 0 Å². The van der Waals surface area contributed by atoms with E-state index in [-0.39, 0.29) is 0 Å². The zero-order valence-corrected chi connectivity index (χ0v) is 12.8. The van der Waals surface area contributed by atoms with E-state index in [0.717, 1.165) is 18.2 Å². The average molecular weight is 363 g/mol. The van der Waals surface area contributed by atoms with Crippen molar-refractivity contribution in [3.63, 3.8) is 0 Å². The molecule has 0 radical (unpaired) electrons. The van der Waals surface area contributed by atoms with Crippen LogP contribution < -0.4 is 9.46 Å². The van der Waals surface area contributed by atoms with E-state index in [0.29, 0.717) is 18.4 Å². The Hall–Kier alpha value is -2.62. The summed E-state index contributed by atoms with van der Waals surface area (Å²) in [5.74, 6) is -8.20. The molecule has 10 heteroatoms. The van der Waals surface area contributed by atoms with Gasteiger partial charge in [-0.25, -0.2) is 30.7 Å². The van der Waals surface area contributed by atoms with Gasteiger partial charge in [-0.3, -0.25) is 4.79 Å². The van der Waals surface area contributed by atoms with Crippen LogP contribution in [0.3, 0.4) is 0 Å². The van der Waals surface area contributed by atoms with Crippen LogP contribution >= 0.6 is 0 Å². The number of sulfonamides is 1. The lowest BCUT2D eigenvalue weighted by Crippen LogP contribution is -2.30. The van der Waals surface area contributed by atoms with Crippen LogP contribution in [0.1, 0.15) is 10.4 Å². The first kappa shape index (κ1) is 17.7. The highest BCUT2D eigenvalue weighted by molar-refractivity contribution is 7.89. The Morgan fingerprint density at radius 1 is 1.00 bits per heavy atom. The zero-order chi connectivity index (χ0) is 18.1. The largest absolute Gasteiger partial charge is 0.448 e. The van der Waals surface area contributed by atoms with Crippen molar-refractivity contribution in [3.8, 4) is 11.5 Å². The van der Waals surface area contributed by atoms with Gasteiger partial charge in [0.1, 0.15) is 5.82 Å². The van der Waals surface area contributed by atoms with Gasteiger partial charge in [0.25, 0.3) is 5.91 Å². The third kappa shape index (κ3) is 4.02. The summed E-state index contributed by atoms with van der Waals surface area (Å²) >= 11 is 0. The van der Waals surface area contributed by atoms with Crippen molar-refractivity contribution in [2.45, 2.75) is 0 Å². The summed E-state index contributed by atoms with van der Waals surface area (Å²) in [6, 6.07) is 3.47. The molecule has 5 nitrogen and oxygen atoms in total. The average Bonchev–Trinajstić information content (AvgIpc) is 2.44. The fourth-order valence-corrected chi connectivity index (χ4v) is 2.14. The molecule has 128 valence electrons. The van der Waals surface area contributed by atoms with E-state index in [1.165, 1.54) is 4.72 Å². The van der Waals surface area contributed by atoms with Gasteiger partial charge in [0.2, 0.25) is 10.0 Å². The molecule has 0 aliphatic rings. The number of rotatable bonds is 4. The molecule has 0 aromatic heterocycles. The first-order valence-corrected chi connectivity index (χ1v) is 8.10. The molecule has 0 heterocycles. The maximum Gasteiger partial charge on any atom is 0.267 e. The Morgan fingerprint density at radius 3 is 2.12 bits per heavy atom. The van der Waals surface area contributed by atoms with Gasteiger partial charge in [0.15, 0.2) is 29.0 Å². The van der Waals surface area contributed by atoms with Crippen molar-refractivity contribution in [2.75, 3.05) is 6.26 Å². The second-order valence-corrected chi connectivity index (χ2v) is 6.37. The van der Waals surface area contributed by atoms with Crippen LogP contribution in [-0.2, 0) is 10.0 Å². The van der Waals surface area contributed by atoms with E-state index in [9.17, 15) is 30.8 Å². The Bertz CT molecular complexity index is 895. The van der Waals surface area contributed by atoms with Gasteiger partial charge in [-0.2, -0.15) is 0 Å². The number of para-hydroxylation sites is 1. The molecule has 0 bridgehead atoms. The maximum atomic E-state index is 13.9. The standard InChI is InChI=1S/C14H9F4NO4S/c1-24(21,22)19-14(20)7-5-11(18)12(6-10(7)17)23-13-8(15)3-2-4-9(13)16/h2-6H,1H3,(H,19,20). The third-order valence-electron chi connectivity index (χ3n) is 2.68. The van der Waals surface area contributed by atoms with Gasteiger partial charge in [-0.05, 0) is 18.2 Å². The topological polar surface area (TPSA) is 72.5 Å². The Balaban J connectivity index is 2.38. The van der Waals surface area contributed by atoms with Crippen molar-refractivity contribution < 1.29 is 35.5 Å². The van der Waals surface area contributed by atoms with E-state index >= 15 is 0 Å². The van der Waals surface area contributed by atoms with Gasteiger partial charge < -0.3 is 4.74 Å². The van der Waals surface area contributed by atoms with Gasteiger partial charge >= 0.3 is 0 Å². The fraction of sp³-hybridized carbons (Fsp3) is 0.0714. The lowest BCUT2D eigenvalue weighted by molar-refractivity contribution is 0.0977. The molecule has 24 heavy (non-hydrogen) atoms. The number of carbonyl (C=O) groups is 1. The number of halogens is 4. The minimum absolute atomic E-state index is 0.351. The van der Waals surface area contributed by atoms with Crippen LogP contribution in [-0.4, -0.2) is 20.6 Å². The number of nitrogens with one attached hydrogen (secondary N) is 1. The quantitative estimate of drug-likeness (QED) is 0.848. The number of hydrogen-bond donors (Lipinski definition) is 1. The molecule has 0 aliphatic carbocycles. The summed E-state index contributed by atoms with van der Waals surface area (Å²) in [5.41, 5.74) is -0.917. The van der Waals surface area contributed by atoms with E-state index in [2.05, 4.69) is 4.74 Å². The van der Waals surface area contributed by atoms with Gasteiger partial charge in [0.05, 0.1) is 11.8 Å². The smallest absolute Gasteiger partial charge is 0.267 e. The van der Waals surface area contributed by atoms with Crippen LogP contribution in [0.5, 0.6) is 11.5 Å². The predicted molar refractivity (Wildman–Crippen MR) is 75.1 cm³/mol. The van der Waals surface area contributed by atoms with E-state index in [1.807, 2.05) is 0 Å². The highest BCUT2D eigenvalue weighted by Crippen LogP contribution is 2.30. The molecule has 0 aliphatic heterocycles. The highest BCUT2D eigenvalue weighted by atomic mass is 32.2. The number of hydrogen-bond acceptors (Lipinski definition) is 4. The molecule has 2 aromatic carbocycles. The molecule has 0 atom stereocenters. The second kappa shape index (κ2) is 6.48. The predicted octanol–water partition coefficient (Wildman–Crippen LogP) is 2.72. The lowest BCUT2D eigenvalue weighted by Gasteiger charge is -2.10. The number of amides is 1. The van der Waals surface area contributed by atoms with Crippen molar-refractivity contribution in [3.05, 3.63) is 59.2 Å². The normalized spacial score (nSPS) is 11.2. The molecule has 2 rings (SSSR count). The molecule has 0 saturated carbocycles. The van der Waals surface area contributed by atoms with E-state index in [4.69, 9.17) is 0 Å². The number of ether oxygens (including phenoxy) is 1. The molecule has 1 N–H and O–H groups in total. The molecule has 2 aromatic rings. The SMILES string of the molecule is CS(=O)(=O)NC(=O)c1cc(F)c(Oc2c(F)cccc2F)cc1F. The van der Waals surface area contributed by atoms with E-state index < -0.39 is 56.3 Å². The first-order chi connectivity index (χ1) is 11.1. The van der Waals surface area contributed by atoms with Crippen LogP contribution in [0.25, 0.3) is 0 Å². The summed E-state index contributed by atoms with van der Waals surface area (Å²) < 4.78 is 82.7.